The van der Waals surface area contributed by atoms with Crippen LogP contribution in [-0.2, 0) is 17.8 Å². The van der Waals surface area contributed by atoms with Gasteiger partial charge in [-0.3, -0.25) is 9.36 Å². The summed E-state index contributed by atoms with van der Waals surface area (Å²) in [5, 5.41) is 5.38. The molecule has 0 saturated carbocycles. The van der Waals surface area contributed by atoms with Crippen LogP contribution in [0.4, 0.5) is 39.5 Å². The fourth-order valence-electron chi connectivity index (χ4n) is 4.48. The maximum atomic E-state index is 14.4. The Morgan fingerprint density at radius 2 is 1.89 bits per heavy atom. The third-order valence-corrected chi connectivity index (χ3v) is 6.37. The second kappa shape index (κ2) is 8.05. The summed E-state index contributed by atoms with van der Waals surface area (Å²) in [7, 11) is 0. The lowest BCUT2D eigenvalue weighted by Gasteiger charge is -2.35. The third-order valence-electron chi connectivity index (χ3n) is 6.37. The highest BCUT2D eigenvalue weighted by atomic mass is 19.4. The van der Waals surface area contributed by atoms with Crippen LogP contribution in [0.3, 0.4) is 0 Å². The Morgan fingerprint density at radius 1 is 1.20 bits per heavy atom. The third kappa shape index (κ3) is 4.30. The van der Waals surface area contributed by atoms with Gasteiger partial charge in [-0.1, -0.05) is 0 Å². The van der Waals surface area contributed by atoms with Crippen molar-refractivity contribution in [2.24, 2.45) is 5.92 Å². The van der Waals surface area contributed by atoms with Gasteiger partial charge < -0.3 is 10.2 Å². The van der Waals surface area contributed by atoms with Crippen molar-refractivity contribution < 1.29 is 44.3 Å². The number of nitrogens with zero attached hydrogens (tertiary/aromatic N) is 4. The fourth-order valence-corrected chi connectivity index (χ4v) is 4.48. The first-order valence-corrected chi connectivity index (χ1v) is 10.3. The molecule has 0 radical (unpaired) electrons. The van der Waals surface area contributed by atoms with Crippen LogP contribution in [0.1, 0.15) is 24.7 Å². The number of nitrogens with one attached hydrogen (secondary N) is 1. The largest absolute Gasteiger partial charge is 0.419 e. The van der Waals surface area contributed by atoms with E-state index < -0.39 is 97.9 Å². The minimum atomic E-state index is -5.30. The molecule has 4 heterocycles. The molecule has 3 aliphatic heterocycles. The topological polar surface area (TPSA) is 72.2 Å². The lowest BCUT2D eigenvalue weighted by molar-refractivity contribution is -0.192. The van der Waals surface area contributed by atoms with Crippen molar-refractivity contribution in [3.05, 3.63) is 40.5 Å². The summed E-state index contributed by atoms with van der Waals surface area (Å²) in [5.74, 6) is -9.04. The van der Waals surface area contributed by atoms with Crippen molar-refractivity contribution in [3.63, 3.8) is 0 Å². The monoisotopic (exact) mass is 519 g/mol. The molecule has 3 atom stereocenters. The standard InChI is InChI=1S/C19H18F9N5O2/c20-12-2-1-4-29-17(12,19(26,27)28)9-32-15(35)33-11(14(34)31-5-3-16(21,22)8-31)6-10(18(23,24)25)7-13(33)30-32/h1-2,4,10-11,29H,3,5-9H2. The molecule has 4 rings (SSSR count). The van der Waals surface area contributed by atoms with Crippen LogP contribution in [0.2, 0.25) is 0 Å². The normalized spacial score (nSPS) is 28.5. The second-order valence-corrected chi connectivity index (χ2v) is 8.71. The van der Waals surface area contributed by atoms with E-state index in [1.807, 2.05) is 0 Å². The predicted molar refractivity (Wildman–Crippen MR) is 99.8 cm³/mol. The molecule has 1 amide bonds. The highest BCUT2D eigenvalue weighted by Crippen LogP contribution is 2.42. The Bertz CT molecular complexity index is 1130. The molecule has 0 spiro atoms. The SMILES string of the molecule is O=C(C1CC(C(F)(F)F)Cc2nn(CC3(C(F)(F)F)NC=CC=C3F)c(=O)n21)N1CCC(F)(F)C1. The molecular weight excluding hydrogens is 501 g/mol. The number of hydrogen-bond donors (Lipinski definition) is 1. The van der Waals surface area contributed by atoms with Crippen molar-refractivity contribution in [2.45, 2.75) is 55.7 Å². The Morgan fingerprint density at radius 3 is 2.43 bits per heavy atom. The van der Waals surface area contributed by atoms with Gasteiger partial charge in [-0.25, -0.2) is 22.6 Å². The zero-order chi connectivity index (χ0) is 26.0. The Hall–Kier alpha value is -2.94. The number of allylic oxidation sites excluding steroid dienone is 2. The molecule has 1 fully saturated rings. The van der Waals surface area contributed by atoms with Crippen molar-refractivity contribution in [2.75, 3.05) is 13.1 Å². The molecule has 16 heteroatoms. The predicted octanol–water partition coefficient (Wildman–Crippen LogP) is 2.85. The number of carbonyl (C=O) groups is 1. The lowest BCUT2D eigenvalue weighted by atomic mass is 9.91. The number of carbonyl (C=O) groups excluding carboxylic acids is 1. The van der Waals surface area contributed by atoms with Crippen LogP contribution in [-0.4, -0.2) is 62.1 Å². The summed E-state index contributed by atoms with van der Waals surface area (Å²) >= 11 is 0. The minimum Gasteiger partial charge on any atom is -0.370 e. The quantitative estimate of drug-likeness (QED) is 0.624. The Balaban J connectivity index is 1.76. The Kier molecular flexibility index (Phi) is 5.78. The van der Waals surface area contributed by atoms with Crippen molar-refractivity contribution in [3.8, 4) is 0 Å². The van der Waals surface area contributed by atoms with Crippen molar-refractivity contribution >= 4 is 5.91 Å². The molecule has 0 bridgehead atoms. The molecule has 1 aromatic heterocycles. The van der Waals surface area contributed by atoms with E-state index >= 15 is 0 Å². The number of rotatable bonds is 3. The van der Waals surface area contributed by atoms with Gasteiger partial charge >= 0.3 is 18.0 Å². The van der Waals surface area contributed by atoms with Crippen LogP contribution >= 0.6 is 0 Å². The molecule has 194 valence electrons. The molecule has 35 heavy (non-hydrogen) atoms. The van der Waals surface area contributed by atoms with Crippen molar-refractivity contribution in [1.29, 1.82) is 0 Å². The zero-order valence-corrected chi connectivity index (χ0v) is 17.6. The number of likely N-dealkylation sites (tertiary alicyclic amines) is 1. The highest BCUT2D eigenvalue weighted by Gasteiger charge is 2.60. The maximum Gasteiger partial charge on any atom is 0.419 e. The van der Waals surface area contributed by atoms with E-state index in [1.165, 1.54) is 0 Å². The molecule has 1 N–H and O–H groups in total. The summed E-state index contributed by atoms with van der Waals surface area (Å²) < 4.78 is 124. The van der Waals surface area contributed by atoms with Gasteiger partial charge in [-0.2, -0.15) is 31.4 Å². The molecule has 3 unspecified atom stereocenters. The number of amides is 1. The van der Waals surface area contributed by atoms with Crippen LogP contribution in [0, 0.1) is 5.92 Å². The number of halogens is 9. The van der Waals surface area contributed by atoms with Gasteiger partial charge in [0.25, 0.3) is 5.92 Å². The van der Waals surface area contributed by atoms with E-state index in [0.29, 0.717) is 15.5 Å². The van der Waals surface area contributed by atoms with Gasteiger partial charge in [0.2, 0.25) is 11.4 Å². The number of aromatic nitrogens is 3. The van der Waals surface area contributed by atoms with Gasteiger partial charge in [0, 0.05) is 19.4 Å². The maximum absolute atomic E-state index is 14.4. The average Bonchev–Trinajstić information content (AvgIpc) is 3.26. The van der Waals surface area contributed by atoms with E-state index in [1.54, 1.807) is 5.32 Å². The smallest absolute Gasteiger partial charge is 0.370 e. The molecule has 0 aliphatic carbocycles. The van der Waals surface area contributed by atoms with Crippen molar-refractivity contribution in [1.82, 2.24) is 24.6 Å². The first kappa shape index (κ1) is 25.2. The van der Waals surface area contributed by atoms with E-state index in [4.69, 9.17) is 0 Å². The van der Waals surface area contributed by atoms with Gasteiger partial charge in [0.15, 0.2) is 0 Å². The summed E-state index contributed by atoms with van der Waals surface area (Å²) in [6.45, 7) is -3.03. The van der Waals surface area contributed by atoms with Gasteiger partial charge in [-0.05, 0) is 24.8 Å². The second-order valence-electron chi connectivity index (χ2n) is 8.71. The van der Waals surface area contributed by atoms with Gasteiger partial charge in [-0.15, -0.1) is 0 Å². The molecule has 0 aromatic carbocycles. The van der Waals surface area contributed by atoms with E-state index in [9.17, 15) is 49.1 Å². The average molecular weight is 519 g/mol. The number of dihydropyridines is 1. The zero-order valence-electron chi connectivity index (χ0n) is 17.6. The summed E-state index contributed by atoms with van der Waals surface area (Å²) in [5.41, 5.74) is -4.83. The van der Waals surface area contributed by atoms with Crippen LogP contribution in [0.15, 0.2) is 29.0 Å². The number of fused-ring (bicyclic) bond motifs is 1. The Labute approximate surface area is 190 Å². The lowest BCUT2D eigenvalue weighted by Crippen LogP contribution is -2.60. The van der Waals surface area contributed by atoms with Gasteiger partial charge in [0.05, 0.1) is 19.0 Å². The van der Waals surface area contributed by atoms with Gasteiger partial charge in [0.1, 0.15) is 17.7 Å². The van der Waals surface area contributed by atoms with Crippen LogP contribution in [0.25, 0.3) is 0 Å². The van der Waals surface area contributed by atoms with E-state index in [2.05, 4.69) is 5.10 Å². The molecule has 1 saturated heterocycles. The minimum absolute atomic E-state index is 0.139. The first-order chi connectivity index (χ1) is 16.1. The molecular formula is C19H18F9N5O2. The van der Waals surface area contributed by atoms with Crippen LogP contribution in [0.5, 0.6) is 0 Å². The first-order valence-electron chi connectivity index (χ1n) is 10.3. The number of alkyl halides is 8. The fraction of sp³-hybridized carbons (Fsp3) is 0.632. The molecule has 7 nitrogen and oxygen atoms in total. The number of hydrogen-bond acceptors (Lipinski definition) is 4. The summed E-state index contributed by atoms with van der Waals surface area (Å²) in [6, 6.07) is -1.91. The van der Waals surface area contributed by atoms with E-state index in [0.717, 1.165) is 12.3 Å². The summed E-state index contributed by atoms with van der Waals surface area (Å²) in [6.07, 6.45) is -10.6. The molecule has 1 aromatic rings. The summed E-state index contributed by atoms with van der Waals surface area (Å²) in [4.78, 5) is 26.5. The molecule has 3 aliphatic rings. The highest BCUT2D eigenvalue weighted by molar-refractivity contribution is 5.81. The van der Waals surface area contributed by atoms with Crippen LogP contribution < -0.4 is 11.0 Å². The van der Waals surface area contributed by atoms with E-state index in [-0.39, 0.29) is 4.68 Å².